The van der Waals surface area contributed by atoms with Gasteiger partial charge in [0.25, 0.3) is 0 Å². The number of nitrogens with zero attached hydrogens (tertiary/aromatic N) is 1. The molecule has 0 amide bonds. The Morgan fingerprint density at radius 2 is 1.50 bits per heavy atom. The van der Waals surface area contributed by atoms with Crippen molar-refractivity contribution in [2.45, 2.75) is 0 Å². The quantitative estimate of drug-likeness (QED) is 0.343. The Morgan fingerprint density at radius 1 is 0.750 bits per heavy atom. The van der Waals surface area contributed by atoms with Crippen molar-refractivity contribution in [1.82, 2.24) is 4.98 Å². The van der Waals surface area contributed by atoms with Gasteiger partial charge in [-0.15, -0.1) is 0 Å². The first-order valence-electron chi connectivity index (χ1n) is 7.63. The number of aromatic nitrogens is 1. The van der Waals surface area contributed by atoms with E-state index in [-0.39, 0.29) is 5.82 Å². The highest BCUT2D eigenvalue weighted by Crippen LogP contribution is 2.33. The van der Waals surface area contributed by atoms with E-state index in [0.717, 1.165) is 36.9 Å². The highest BCUT2D eigenvalue weighted by Gasteiger charge is 2.12. The molecule has 0 fully saturated rings. The summed E-state index contributed by atoms with van der Waals surface area (Å²) in [4.78, 5) is 4.76. The highest BCUT2D eigenvalue weighted by molar-refractivity contribution is 14.1. The van der Waals surface area contributed by atoms with Crippen LogP contribution in [-0.4, -0.2) is 4.98 Å². The zero-order valence-electron chi connectivity index (χ0n) is 12.7. The first-order chi connectivity index (χ1) is 11.7. The van der Waals surface area contributed by atoms with Gasteiger partial charge in [-0.1, -0.05) is 48.5 Å². The minimum atomic E-state index is -0.248. The molecule has 0 radical (unpaired) electrons. The van der Waals surface area contributed by atoms with Gasteiger partial charge < -0.3 is 0 Å². The Morgan fingerprint density at radius 3 is 2.33 bits per heavy atom. The molecule has 1 nitrogen and oxygen atoms in total. The molecule has 1 heterocycles. The van der Waals surface area contributed by atoms with Crippen LogP contribution in [0.2, 0.25) is 0 Å². The topological polar surface area (TPSA) is 12.9 Å². The van der Waals surface area contributed by atoms with Crippen molar-refractivity contribution in [3.05, 3.63) is 88.3 Å². The van der Waals surface area contributed by atoms with Gasteiger partial charge >= 0.3 is 0 Å². The summed E-state index contributed by atoms with van der Waals surface area (Å²) in [5, 5.41) is 1.10. The summed E-state index contributed by atoms with van der Waals surface area (Å²) in [5.74, 6) is -0.248. The highest BCUT2D eigenvalue weighted by atomic mass is 127. The van der Waals surface area contributed by atoms with Crippen LogP contribution in [0, 0.1) is 9.39 Å². The molecule has 0 aliphatic heterocycles. The molecule has 3 heteroatoms. The number of pyridine rings is 1. The van der Waals surface area contributed by atoms with Crippen LogP contribution in [0.1, 0.15) is 0 Å². The van der Waals surface area contributed by atoms with Crippen molar-refractivity contribution < 1.29 is 4.39 Å². The molecule has 0 saturated carbocycles. The molecule has 0 unspecified atom stereocenters. The second-order valence-electron chi connectivity index (χ2n) is 5.56. The predicted molar refractivity (Wildman–Crippen MR) is 105 cm³/mol. The normalized spacial score (nSPS) is 10.9. The average molecular weight is 425 g/mol. The lowest BCUT2D eigenvalue weighted by molar-refractivity contribution is 0.628. The van der Waals surface area contributed by atoms with E-state index in [1.807, 2.05) is 36.4 Å². The van der Waals surface area contributed by atoms with Crippen molar-refractivity contribution in [3.8, 4) is 22.4 Å². The predicted octanol–water partition coefficient (Wildman–Crippen LogP) is 6.31. The van der Waals surface area contributed by atoms with E-state index < -0.39 is 0 Å². The first kappa shape index (κ1) is 15.3. The molecule has 1 aromatic heterocycles. The number of halogens is 2. The minimum Gasteiger partial charge on any atom is -0.248 e. The lowest BCUT2D eigenvalue weighted by atomic mass is 9.98. The molecule has 4 rings (SSSR count). The smallest absolute Gasteiger partial charge is 0.123 e. The maximum atomic E-state index is 13.7. The molecule has 0 aliphatic carbocycles. The largest absolute Gasteiger partial charge is 0.248 e. The van der Waals surface area contributed by atoms with Crippen molar-refractivity contribution in [1.29, 1.82) is 0 Å². The van der Waals surface area contributed by atoms with Crippen LogP contribution >= 0.6 is 22.6 Å². The SMILES string of the molecule is Fc1ccc(I)c(-c2cc(-c3ccccc3)c3ccccc3n2)c1. The lowest BCUT2D eigenvalue weighted by Crippen LogP contribution is -1.92. The summed E-state index contributed by atoms with van der Waals surface area (Å²) in [7, 11) is 0. The molecule has 0 saturated heterocycles. The fourth-order valence-corrected chi connectivity index (χ4v) is 3.48. The van der Waals surface area contributed by atoms with E-state index in [2.05, 4.69) is 46.9 Å². The standard InChI is InChI=1S/C21H13FIN/c22-15-10-11-19(23)18(12-15)21-13-17(14-6-2-1-3-7-14)16-8-4-5-9-20(16)24-21/h1-13H. The molecule has 4 aromatic rings. The zero-order valence-corrected chi connectivity index (χ0v) is 14.9. The number of para-hydroxylation sites is 1. The van der Waals surface area contributed by atoms with Crippen molar-refractivity contribution in [3.63, 3.8) is 0 Å². The lowest BCUT2D eigenvalue weighted by Gasteiger charge is -2.11. The number of hydrogen-bond acceptors (Lipinski definition) is 1. The van der Waals surface area contributed by atoms with Gasteiger partial charge in [0.1, 0.15) is 5.82 Å². The first-order valence-corrected chi connectivity index (χ1v) is 8.71. The third kappa shape index (κ3) is 2.80. The van der Waals surface area contributed by atoms with E-state index >= 15 is 0 Å². The Labute approximate surface area is 153 Å². The monoisotopic (exact) mass is 425 g/mol. The minimum absolute atomic E-state index is 0.248. The Hall–Kier alpha value is -2.27. The van der Waals surface area contributed by atoms with Gasteiger partial charge in [-0.25, -0.2) is 9.37 Å². The van der Waals surface area contributed by atoms with Gasteiger partial charge in [0.05, 0.1) is 11.2 Å². The van der Waals surface area contributed by atoms with Crippen molar-refractivity contribution in [2.24, 2.45) is 0 Å². The Bertz CT molecular complexity index is 1030. The van der Waals surface area contributed by atoms with Crippen LogP contribution in [0.3, 0.4) is 0 Å². The maximum Gasteiger partial charge on any atom is 0.123 e. The number of hydrogen-bond donors (Lipinski definition) is 0. The van der Waals surface area contributed by atoms with Gasteiger partial charge in [-0.2, -0.15) is 0 Å². The molecular formula is C21H13FIN. The zero-order chi connectivity index (χ0) is 16.5. The Kier molecular flexibility index (Phi) is 4.02. The molecule has 0 atom stereocenters. The fourth-order valence-electron chi connectivity index (χ4n) is 2.86. The van der Waals surface area contributed by atoms with E-state index in [4.69, 9.17) is 4.98 Å². The van der Waals surface area contributed by atoms with E-state index in [9.17, 15) is 4.39 Å². The van der Waals surface area contributed by atoms with Gasteiger partial charge in [0.15, 0.2) is 0 Å². The second-order valence-corrected chi connectivity index (χ2v) is 6.72. The molecule has 0 N–H and O–H groups in total. The maximum absolute atomic E-state index is 13.7. The number of benzene rings is 3. The molecule has 0 bridgehead atoms. The van der Waals surface area contributed by atoms with E-state index in [0.29, 0.717) is 0 Å². The summed E-state index contributed by atoms with van der Waals surface area (Å²) in [6, 6.07) is 25.1. The summed E-state index contributed by atoms with van der Waals surface area (Å²) < 4.78 is 14.7. The van der Waals surface area contributed by atoms with Gasteiger partial charge in [0, 0.05) is 14.5 Å². The molecule has 3 aromatic carbocycles. The van der Waals surface area contributed by atoms with Gasteiger partial charge in [-0.05, 0) is 64.0 Å². The summed E-state index contributed by atoms with van der Waals surface area (Å²) in [6.07, 6.45) is 0. The molecule has 0 aliphatic rings. The summed E-state index contributed by atoms with van der Waals surface area (Å²) >= 11 is 2.22. The van der Waals surface area contributed by atoms with Crippen LogP contribution in [0.25, 0.3) is 33.3 Å². The number of fused-ring (bicyclic) bond motifs is 1. The second kappa shape index (κ2) is 6.32. The summed E-state index contributed by atoms with van der Waals surface area (Å²) in [6.45, 7) is 0. The van der Waals surface area contributed by atoms with Crippen LogP contribution < -0.4 is 0 Å². The third-order valence-electron chi connectivity index (χ3n) is 4.01. The van der Waals surface area contributed by atoms with Crippen LogP contribution in [0.15, 0.2) is 78.9 Å². The molecule has 0 spiro atoms. The van der Waals surface area contributed by atoms with Crippen LogP contribution in [0.4, 0.5) is 4.39 Å². The molecule has 116 valence electrons. The average Bonchev–Trinajstić information content (AvgIpc) is 2.63. The van der Waals surface area contributed by atoms with Gasteiger partial charge in [-0.3, -0.25) is 0 Å². The fraction of sp³-hybridized carbons (Fsp3) is 0. The summed E-state index contributed by atoms with van der Waals surface area (Å²) in [5.41, 5.74) is 4.75. The van der Waals surface area contributed by atoms with Crippen molar-refractivity contribution >= 4 is 33.5 Å². The molecular weight excluding hydrogens is 412 g/mol. The van der Waals surface area contributed by atoms with Gasteiger partial charge in [0.2, 0.25) is 0 Å². The molecule has 24 heavy (non-hydrogen) atoms. The van der Waals surface area contributed by atoms with E-state index in [1.165, 1.54) is 6.07 Å². The van der Waals surface area contributed by atoms with Crippen LogP contribution in [-0.2, 0) is 0 Å². The van der Waals surface area contributed by atoms with Crippen LogP contribution in [0.5, 0.6) is 0 Å². The third-order valence-corrected chi connectivity index (χ3v) is 4.95. The van der Waals surface area contributed by atoms with E-state index in [1.54, 1.807) is 12.1 Å². The van der Waals surface area contributed by atoms with Crippen molar-refractivity contribution in [2.75, 3.05) is 0 Å². The Balaban J connectivity index is 2.03. The number of rotatable bonds is 2.